The topological polar surface area (TPSA) is 77.5 Å². The second-order valence-corrected chi connectivity index (χ2v) is 7.12. The van der Waals surface area contributed by atoms with E-state index in [4.69, 9.17) is 18.9 Å². The van der Waals surface area contributed by atoms with Crippen molar-refractivity contribution in [2.45, 2.75) is 32.7 Å². The first-order valence-corrected chi connectivity index (χ1v) is 10.3. The van der Waals surface area contributed by atoms with Crippen molar-refractivity contribution in [1.29, 1.82) is 0 Å². The van der Waals surface area contributed by atoms with Gasteiger partial charge in [0, 0.05) is 39.1 Å². The van der Waals surface area contributed by atoms with Crippen molar-refractivity contribution in [3.8, 4) is 11.5 Å². The molecule has 1 aromatic carbocycles. The minimum Gasteiger partial charge on any atom is -0.466 e. The van der Waals surface area contributed by atoms with E-state index in [9.17, 15) is 9.59 Å². The highest BCUT2D eigenvalue weighted by molar-refractivity contribution is 5.81. The van der Waals surface area contributed by atoms with Crippen LogP contribution in [0.25, 0.3) is 0 Å². The third-order valence-corrected chi connectivity index (χ3v) is 5.02. The predicted octanol–water partition coefficient (Wildman–Crippen LogP) is 1.81. The summed E-state index contributed by atoms with van der Waals surface area (Å²) in [5.41, 5.74) is 0.977. The van der Waals surface area contributed by atoms with E-state index in [1.54, 1.807) is 6.92 Å². The molecule has 0 unspecified atom stereocenters. The molecule has 0 bridgehead atoms. The van der Waals surface area contributed by atoms with E-state index in [2.05, 4.69) is 4.90 Å². The van der Waals surface area contributed by atoms with Gasteiger partial charge in [-0.2, -0.15) is 0 Å². The number of carbonyl (C=O) groups is 2. The maximum atomic E-state index is 12.8. The van der Waals surface area contributed by atoms with Crippen LogP contribution in [0, 0.1) is 0 Å². The van der Waals surface area contributed by atoms with Crippen LogP contribution in [-0.4, -0.2) is 74.5 Å². The van der Waals surface area contributed by atoms with Crippen LogP contribution in [0.4, 0.5) is 0 Å². The third-order valence-electron chi connectivity index (χ3n) is 5.02. The fourth-order valence-electron chi connectivity index (χ4n) is 3.46. The molecule has 1 aromatic rings. The Bertz CT molecular complexity index is 690. The molecule has 2 aliphatic rings. The Kier molecular flexibility index (Phi) is 8.13. The SMILES string of the molecule is CCOC(=O)CCC(=O)N(CCCN1CCOCC1)Cc1ccc2c(c1)OCO2. The molecule has 1 amide bonds. The molecule has 8 heteroatoms. The third kappa shape index (κ3) is 6.61. The first-order valence-electron chi connectivity index (χ1n) is 10.3. The number of ether oxygens (including phenoxy) is 4. The van der Waals surface area contributed by atoms with Crippen LogP contribution in [0.2, 0.25) is 0 Å². The van der Waals surface area contributed by atoms with E-state index < -0.39 is 0 Å². The van der Waals surface area contributed by atoms with Crippen molar-refractivity contribution in [2.75, 3.05) is 52.8 Å². The molecule has 0 aliphatic carbocycles. The lowest BCUT2D eigenvalue weighted by Gasteiger charge is -2.28. The average Bonchev–Trinajstić information content (AvgIpc) is 3.20. The number of esters is 1. The summed E-state index contributed by atoms with van der Waals surface area (Å²) in [6.45, 7) is 7.73. The van der Waals surface area contributed by atoms with Crippen LogP contribution in [0.15, 0.2) is 18.2 Å². The molecule has 1 saturated heterocycles. The van der Waals surface area contributed by atoms with Gasteiger partial charge in [0.1, 0.15) is 0 Å². The number of morpholine rings is 1. The minimum absolute atomic E-state index is 0.0438. The largest absolute Gasteiger partial charge is 0.466 e. The zero-order valence-corrected chi connectivity index (χ0v) is 17.1. The van der Waals surface area contributed by atoms with Crippen LogP contribution in [0.5, 0.6) is 11.5 Å². The van der Waals surface area contributed by atoms with Crippen molar-refractivity contribution in [3.05, 3.63) is 23.8 Å². The summed E-state index contributed by atoms with van der Waals surface area (Å²) in [6.07, 6.45) is 1.13. The van der Waals surface area contributed by atoms with E-state index in [-0.39, 0.29) is 31.5 Å². The molecule has 8 nitrogen and oxygen atoms in total. The lowest BCUT2D eigenvalue weighted by molar-refractivity contribution is -0.145. The average molecular weight is 406 g/mol. The van der Waals surface area contributed by atoms with Crippen molar-refractivity contribution < 1.29 is 28.5 Å². The van der Waals surface area contributed by atoms with Crippen LogP contribution in [0.3, 0.4) is 0 Å². The molecular formula is C21H30N2O6. The number of fused-ring (bicyclic) bond motifs is 1. The molecule has 3 rings (SSSR count). The Hall–Kier alpha value is -2.32. The van der Waals surface area contributed by atoms with Gasteiger partial charge in [-0.3, -0.25) is 14.5 Å². The van der Waals surface area contributed by atoms with E-state index in [1.807, 2.05) is 23.1 Å². The molecular weight excluding hydrogens is 376 g/mol. The van der Waals surface area contributed by atoms with Gasteiger partial charge >= 0.3 is 5.97 Å². The Morgan fingerprint density at radius 3 is 2.72 bits per heavy atom. The highest BCUT2D eigenvalue weighted by atomic mass is 16.7. The molecule has 0 atom stereocenters. The summed E-state index contributed by atoms with van der Waals surface area (Å²) in [6, 6.07) is 5.73. The van der Waals surface area contributed by atoms with Crippen LogP contribution < -0.4 is 9.47 Å². The van der Waals surface area contributed by atoms with Crippen LogP contribution in [0.1, 0.15) is 31.7 Å². The summed E-state index contributed by atoms with van der Waals surface area (Å²) in [5, 5.41) is 0. The summed E-state index contributed by atoms with van der Waals surface area (Å²) >= 11 is 0. The zero-order chi connectivity index (χ0) is 20.5. The summed E-state index contributed by atoms with van der Waals surface area (Å²) in [5.74, 6) is 1.05. The number of benzene rings is 1. The molecule has 2 aliphatic heterocycles. The normalized spacial score (nSPS) is 15.9. The second-order valence-electron chi connectivity index (χ2n) is 7.12. The Morgan fingerprint density at radius 1 is 1.14 bits per heavy atom. The molecule has 0 N–H and O–H groups in total. The number of carbonyl (C=O) groups excluding carboxylic acids is 2. The molecule has 0 aromatic heterocycles. The van der Waals surface area contributed by atoms with E-state index in [0.717, 1.165) is 50.6 Å². The molecule has 0 radical (unpaired) electrons. The Morgan fingerprint density at radius 2 is 1.93 bits per heavy atom. The van der Waals surface area contributed by atoms with Gasteiger partial charge in [-0.1, -0.05) is 6.07 Å². The van der Waals surface area contributed by atoms with Gasteiger partial charge in [-0.25, -0.2) is 0 Å². The van der Waals surface area contributed by atoms with Crippen LogP contribution in [-0.2, 0) is 25.6 Å². The highest BCUT2D eigenvalue weighted by Crippen LogP contribution is 2.32. The van der Waals surface area contributed by atoms with Gasteiger partial charge < -0.3 is 23.8 Å². The number of nitrogens with zero attached hydrogens (tertiary/aromatic N) is 2. The quantitative estimate of drug-likeness (QED) is 0.549. The van der Waals surface area contributed by atoms with Crippen molar-refractivity contribution in [2.24, 2.45) is 0 Å². The zero-order valence-electron chi connectivity index (χ0n) is 17.1. The highest BCUT2D eigenvalue weighted by Gasteiger charge is 2.19. The monoisotopic (exact) mass is 406 g/mol. The number of rotatable bonds is 10. The molecule has 2 heterocycles. The smallest absolute Gasteiger partial charge is 0.306 e. The summed E-state index contributed by atoms with van der Waals surface area (Å²) < 4.78 is 21.1. The van der Waals surface area contributed by atoms with Gasteiger partial charge in [0.15, 0.2) is 11.5 Å². The first-order chi connectivity index (χ1) is 14.2. The van der Waals surface area contributed by atoms with Gasteiger partial charge in [-0.05, 0) is 31.0 Å². The Balaban J connectivity index is 1.56. The molecule has 0 spiro atoms. The molecule has 29 heavy (non-hydrogen) atoms. The van der Waals surface area contributed by atoms with Crippen molar-refractivity contribution >= 4 is 11.9 Å². The first kappa shape index (κ1) is 21.4. The molecule has 1 fully saturated rings. The van der Waals surface area contributed by atoms with E-state index in [1.165, 1.54) is 0 Å². The van der Waals surface area contributed by atoms with Crippen molar-refractivity contribution in [3.63, 3.8) is 0 Å². The number of amides is 1. The lowest BCUT2D eigenvalue weighted by Crippen LogP contribution is -2.39. The molecule has 0 saturated carbocycles. The van der Waals surface area contributed by atoms with Gasteiger partial charge in [0.2, 0.25) is 12.7 Å². The summed E-state index contributed by atoms with van der Waals surface area (Å²) in [7, 11) is 0. The maximum absolute atomic E-state index is 12.8. The standard InChI is InChI=1S/C21H30N2O6/c1-2-27-21(25)7-6-20(24)23(9-3-8-22-10-12-26-13-11-22)15-17-4-5-18-19(14-17)29-16-28-18/h4-5,14H,2-3,6-13,15-16H2,1H3. The predicted molar refractivity (Wildman–Crippen MR) is 106 cm³/mol. The fourth-order valence-corrected chi connectivity index (χ4v) is 3.46. The van der Waals surface area contributed by atoms with Gasteiger partial charge in [-0.15, -0.1) is 0 Å². The summed E-state index contributed by atoms with van der Waals surface area (Å²) in [4.78, 5) is 28.6. The Labute approximate surface area is 171 Å². The van der Waals surface area contributed by atoms with Crippen LogP contribution >= 0.6 is 0 Å². The van der Waals surface area contributed by atoms with E-state index in [0.29, 0.717) is 25.4 Å². The number of hydrogen-bond donors (Lipinski definition) is 0. The minimum atomic E-state index is -0.336. The molecule has 160 valence electrons. The number of hydrogen-bond acceptors (Lipinski definition) is 7. The van der Waals surface area contributed by atoms with Gasteiger partial charge in [0.25, 0.3) is 0 Å². The maximum Gasteiger partial charge on any atom is 0.306 e. The van der Waals surface area contributed by atoms with Crippen molar-refractivity contribution in [1.82, 2.24) is 9.80 Å². The fraction of sp³-hybridized carbons (Fsp3) is 0.619. The van der Waals surface area contributed by atoms with Gasteiger partial charge in [0.05, 0.1) is 26.2 Å². The second kappa shape index (κ2) is 11.0. The lowest BCUT2D eigenvalue weighted by atomic mass is 10.1. The van der Waals surface area contributed by atoms with E-state index >= 15 is 0 Å².